The van der Waals surface area contributed by atoms with E-state index in [2.05, 4.69) is 24.9 Å². The number of nitrogens with zero attached hydrogens (tertiary/aromatic N) is 1. The molecule has 0 N–H and O–H groups in total. The van der Waals surface area contributed by atoms with Gasteiger partial charge in [-0.25, -0.2) is 0 Å². The van der Waals surface area contributed by atoms with E-state index in [1.54, 1.807) is 0 Å². The molecule has 2 aliphatic rings. The highest BCUT2D eigenvalue weighted by Crippen LogP contribution is 2.36. The number of allylic oxidation sites excluding steroid dienone is 2. The molecular weight excluding hydrogens is 402 g/mol. The Balaban J connectivity index is 1.49. The zero-order chi connectivity index (χ0) is 22.8. The number of benzene rings is 1. The lowest BCUT2D eigenvalue weighted by Crippen LogP contribution is -2.44. The molecule has 0 saturated carbocycles. The van der Waals surface area contributed by atoms with Gasteiger partial charge in [-0.05, 0) is 57.6 Å². The number of carbonyl (C=O) groups excluding carboxylic acids is 2. The van der Waals surface area contributed by atoms with Gasteiger partial charge in [-0.3, -0.25) is 9.59 Å². The molecule has 4 atom stereocenters. The lowest BCUT2D eigenvalue weighted by molar-refractivity contribution is -0.157. The van der Waals surface area contributed by atoms with Crippen molar-refractivity contribution < 1.29 is 19.1 Å². The van der Waals surface area contributed by atoms with Crippen LogP contribution in [0, 0.1) is 0 Å². The SMILES string of the molecule is CCCCCC=CCCC(=O)OCC(C(=O)OC1C[C@H]2CC[C@@H](C1)N2C)c1ccccc1. The second kappa shape index (κ2) is 12.8. The van der Waals surface area contributed by atoms with E-state index in [4.69, 9.17) is 9.47 Å². The fourth-order valence-corrected chi connectivity index (χ4v) is 4.89. The van der Waals surface area contributed by atoms with Gasteiger partial charge in [-0.15, -0.1) is 0 Å². The summed E-state index contributed by atoms with van der Waals surface area (Å²) < 4.78 is 11.5. The predicted molar refractivity (Wildman–Crippen MR) is 126 cm³/mol. The Hall–Kier alpha value is -2.14. The van der Waals surface area contributed by atoms with Gasteiger partial charge in [-0.2, -0.15) is 0 Å². The molecule has 1 aromatic carbocycles. The number of esters is 2. The monoisotopic (exact) mass is 441 g/mol. The first-order chi connectivity index (χ1) is 15.6. The van der Waals surface area contributed by atoms with E-state index in [1.165, 1.54) is 32.1 Å². The van der Waals surface area contributed by atoms with Gasteiger partial charge in [0.25, 0.3) is 0 Å². The van der Waals surface area contributed by atoms with Gasteiger partial charge < -0.3 is 14.4 Å². The molecule has 0 spiro atoms. The smallest absolute Gasteiger partial charge is 0.317 e. The normalized spacial score (nSPS) is 23.9. The van der Waals surface area contributed by atoms with Gasteiger partial charge >= 0.3 is 11.9 Å². The number of hydrogen-bond acceptors (Lipinski definition) is 5. The molecule has 0 aliphatic carbocycles. The zero-order valence-corrected chi connectivity index (χ0v) is 19.7. The molecule has 5 nitrogen and oxygen atoms in total. The Kier molecular flexibility index (Phi) is 9.79. The van der Waals surface area contributed by atoms with Crippen LogP contribution in [-0.4, -0.2) is 48.7 Å². The summed E-state index contributed by atoms with van der Waals surface area (Å²) >= 11 is 0. The summed E-state index contributed by atoms with van der Waals surface area (Å²) in [7, 11) is 2.17. The van der Waals surface area contributed by atoms with Crippen molar-refractivity contribution in [2.75, 3.05) is 13.7 Å². The Morgan fingerprint density at radius 3 is 2.44 bits per heavy atom. The number of fused-ring (bicyclic) bond motifs is 2. The first-order valence-corrected chi connectivity index (χ1v) is 12.4. The minimum atomic E-state index is -0.581. The Labute approximate surface area is 193 Å². The van der Waals surface area contributed by atoms with E-state index >= 15 is 0 Å². The molecular formula is C27H39NO4. The Morgan fingerprint density at radius 1 is 1.06 bits per heavy atom. The van der Waals surface area contributed by atoms with Crippen LogP contribution in [0.3, 0.4) is 0 Å². The highest BCUT2D eigenvalue weighted by atomic mass is 16.6. The molecule has 32 heavy (non-hydrogen) atoms. The second-order valence-electron chi connectivity index (χ2n) is 9.23. The van der Waals surface area contributed by atoms with Crippen molar-refractivity contribution in [1.82, 2.24) is 4.90 Å². The van der Waals surface area contributed by atoms with E-state index in [1.807, 2.05) is 36.4 Å². The van der Waals surface area contributed by atoms with Crippen LogP contribution in [0.15, 0.2) is 42.5 Å². The molecule has 2 unspecified atom stereocenters. The van der Waals surface area contributed by atoms with Crippen molar-refractivity contribution in [3.63, 3.8) is 0 Å². The summed E-state index contributed by atoms with van der Waals surface area (Å²) in [6, 6.07) is 10.5. The highest BCUT2D eigenvalue weighted by molar-refractivity contribution is 5.79. The standard InChI is InChI=1S/C27H39NO4/c1-3-4-5-6-7-8-12-15-26(29)31-20-25(21-13-10-9-11-14-21)27(30)32-24-18-22-16-17-23(19-24)28(22)2/h7-11,13-14,22-25H,3-6,12,15-20H2,1-2H3/t22-,23+,24?,25?. The van der Waals surface area contributed by atoms with Crippen molar-refractivity contribution in [3.8, 4) is 0 Å². The summed E-state index contributed by atoms with van der Waals surface area (Å²) in [6.45, 7) is 2.22. The van der Waals surface area contributed by atoms with Gasteiger partial charge in [0, 0.05) is 18.5 Å². The number of hydrogen-bond donors (Lipinski definition) is 0. The third-order valence-corrected chi connectivity index (χ3v) is 6.89. The lowest BCUT2D eigenvalue weighted by atomic mass is 9.98. The van der Waals surface area contributed by atoms with Crippen LogP contribution in [-0.2, 0) is 19.1 Å². The van der Waals surface area contributed by atoms with E-state index < -0.39 is 5.92 Å². The minimum Gasteiger partial charge on any atom is -0.464 e. The largest absolute Gasteiger partial charge is 0.464 e. The van der Waals surface area contributed by atoms with Crippen molar-refractivity contribution in [3.05, 3.63) is 48.0 Å². The number of piperidine rings is 1. The van der Waals surface area contributed by atoms with Gasteiger partial charge in [0.2, 0.25) is 0 Å². The van der Waals surface area contributed by atoms with Crippen LogP contribution in [0.5, 0.6) is 0 Å². The van der Waals surface area contributed by atoms with Crippen molar-refractivity contribution in [1.29, 1.82) is 0 Å². The van der Waals surface area contributed by atoms with Gasteiger partial charge in [0.15, 0.2) is 0 Å². The molecule has 5 heteroatoms. The maximum Gasteiger partial charge on any atom is 0.317 e. The van der Waals surface area contributed by atoms with E-state index in [9.17, 15) is 9.59 Å². The Morgan fingerprint density at radius 2 is 1.75 bits per heavy atom. The first-order valence-electron chi connectivity index (χ1n) is 12.4. The van der Waals surface area contributed by atoms with Crippen LogP contribution >= 0.6 is 0 Å². The van der Waals surface area contributed by atoms with Crippen LogP contribution in [0.4, 0.5) is 0 Å². The van der Waals surface area contributed by atoms with E-state index in [-0.39, 0.29) is 24.6 Å². The molecule has 0 aromatic heterocycles. The summed E-state index contributed by atoms with van der Waals surface area (Å²) in [5, 5.41) is 0. The number of carbonyl (C=O) groups is 2. The zero-order valence-electron chi connectivity index (χ0n) is 19.7. The number of ether oxygens (including phenoxy) is 2. The molecule has 0 radical (unpaired) electrons. The average Bonchev–Trinajstić information content (AvgIpc) is 2.99. The van der Waals surface area contributed by atoms with Gasteiger partial charge in [0.05, 0.1) is 0 Å². The fourth-order valence-electron chi connectivity index (χ4n) is 4.89. The third kappa shape index (κ3) is 7.19. The second-order valence-corrected chi connectivity index (χ2v) is 9.23. The molecule has 2 aliphatic heterocycles. The average molecular weight is 442 g/mol. The van der Waals surface area contributed by atoms with Gasteiger partial charge in [-0.1, -0.05) is 62.2 Å². The third-order valence-electron chi connectivity index (χ3n) is 6.89. The first kappa shape index (κ1) is 24.5. The fraction of sp³-hybridized carbons (Fsp3) is 0.630. The highest BCUT2D eigenvalue weighted by Gasteiger charge is 2.40. The summed E-state index contributed by atoms with van der Waals surface area (Å²) in [5.41, 5.74) is 0.831. The lowest BCUT2D eigenvalue weighted by Gasteiger charge is -2.36. The van der Waals surface area contributed by atoms with E-state index in [0.717, 1.165) is 24.8 Å². The molecule has 0 amide bonds. The summed E-state index contributed by atoms with van der Waals surface area (Å²) in [6.07, 6.45) is 14.0. The maximum atomic E-state index is 13.1. The van der Waals surface area contributed by atoms with Crippen molar-refractivity contribution in [2.45, 2.75) is 95.2 Å². The van der Waals surface area contributed by atoms with Crippen LogP contribution in [0.1, 0.15) is 82.6 Å². The maximum absolute atomic E-state index is 13.1. The minimum absolute atomic E-state index is 0.0291. The van der Waals surface area contributed by atoms with Crippen molar-refractivity contribution in [2.24, 2.45) is 0 Å². The molecule has 2 heterocycles. The van der Waals surface area contributed by atoms with Gasteiger partial charge in [0.1, 0.15) is 18.6 Å². The Bertz CT molecular complexity index is 733. The topological polar surface area (TPSA) is 55.8 Å². The van der Waals surface area contributed by atoms with Crippen LogP contribution in [0.2, 0.25) is 0 Å². The summed E-state index contributed by atoms with van der Waals surface area (Å²) in [4.78, 5) is 27.8. The quantitative estimate of drug-likeness (QED) is 0.247. The van der Waals surface area contributed by atoms with E-state index in [0.29, 0.717) is 24.9 Å². The number of unbranched alkanes of at least 4 members (excludes halogenated alkanes) is 3. The molecule has 1 aromatic rings. The molecule has 2 fully saturated rings. The summed E-state index contributed by atoms with van der Waals surface area (Å²) in [5.74, 6) is -1.13. The van der Waals surface area contributed by atoms with Crippen LogP contribution < -0.4 is 0 Å². The van der Waals surface area contributed by atoms with Crippen LogP contribution in [0.25, 0.3) is 0 Å². The molecule has 2 bridgehead atoms. The molecule has 2 saturated heterocycles. The number of rotatable bonds is 12. The molecule has 3 rings (SSSR count). The molecule has 176 valence electrons. The van der Waals surface area contributed by atoms with Crippen molar-refractivity contribution >= 4 is 11.9 Å². The predicted octanol–water partition coefficient (Wildman–Crippen LogP) is 5.40.